The van der Waals surface area contributed by atoms with Crippen molar-refractivity contribution in [3.63, 3.8) is 0 Å². The zero-order chi connectivity index (χ0) is 18.6. The molecule has 1 aromatic heterocycles. The van der Waals surface area contributed by atoms with Crippen LogP contribution in [0.5, 0.6) is 0 Å². The zero-order valence-electron chi connectivity index (χ0n) is 16.1. The van der Waals surface area contributed by atoms with Crippen LogP contribution in [0.2, 0.25) is 0 Å². The van der Waals surface area contributed by atoms with Crippen LogP contribution in [0.25, 0.3) is 0 Å². The van der Waals surface area contributed by atoms with E-state index in [0.717, 1.165) is 43.9 Å². The minimum Gasteiger partial charge on any atom is -0.381 e. The summed E-state index contributed by atoms with van der Waals surface area (Å²) in [6.45, 7) is 9.10. The molecule has 1 aliphatic heterocycles. The molecule has 0 spiro atoms. The standard InChI is InChI=1S/C19H31N5O2/c1-19(2,3)15-11-20-17(23-14-6-8-26-9-7-14)24-16(15)12-22-18(25)21-10-13-4-5-13/h11,13-14H,4-10,12H2,1-3H3,(H,20,23,24)(H2,21,22,25). The second-order valence-corrected chi connectivity index (χ2v) is 8.34. The number of nitrogens with one attached hydrogen (secondary N) is 3. The molecule has 1 aromatic rings. The van der Waals surface area contributed by atoms with Crippen LogP contribution in [0.4, 0.5) is 10.7 Å². The fourth-order valence-electron chi connectivity index (χ4n) is 3.06. The number of urea groups is 1. The highest BCUT2D eigenvalue weighted by atomic mass is 16.5. The van der Waals surface area contributed by atoms with Crippen molar-refractivity contribution >= 4 is 12.0 Å². The van der Waals surface area contributed by atoms with Gasteiger partial charge in [-0.25, -0.2) is 14.8 Å². The highest BCUT2D eigenvalue weighted by Crippen LogP contribution is 2.27. The summed E-state index contributed by atoms with van der Waals surface area (Å²) in [6, 6.07) is 0.209. The van der Waals surface area contributed by atoms with E-state index in [0.29, 0.717) is 24.5 Å². The maximum Gasteiger partial charge on any atom is 0.315 e. The van der Waals surface area contributed by atoms with Crippen molar-refractivity contribution in [3.8, 4) is 0 Å². The summed E-state index contributed by atoms with van der Waals surface area (Å²) in [4.78, 5) is 21.2. The molecule has 26 heavy (non-hydrogen) atoms. The smallest absolute Gasteiger partial charge is 0.315 e. The molecule has 0 unspecified atom stereocenters. The van der Waals surface area contributed by atoms with E-state index in [9.17, 15) is 4.79 Å². The fourth-order valence-corrected chi connectivity index (χ4v) is 3.06. The van der Waals surface area contributed by atoms with E-state index in [-0.39, 0.29) is 11.4 Å². The molecule has 2 amide bonds. The number of hydrogen-bond acceptors (Lipinski definition) is 5. The minimum absolute atomic E-state index is 0.0846. The molecule has 144 valence electrons. The normalized spacial score (nSPS) is 18.4. The van der Waals surface area contributed by atoms with E-state index in [2.05, 4.69) is 41.7 Å². The number of nitrogens with zero attached hydrogens (tertiary/aromatic N) is 2. The maximum absolute atomic E-state index is 12.0. The third-order valence-corrected chi connectivity index (χ3v) is 4.89. The summed E-state index contributed by atoms with van der Waals surface area (Å²) in [5.74, 6) is 1.29. The van der Waals surface area contributed by atoms with Crippen molar-refractivity contribution in [1.29, 1.82) is 0 Å². The number of carbonyl (C=O) groups excluding carboxylic acids is 1. The first kappa shape index (κ1) is 18.9. The first-order valence-electron chi connectivity index (χ1n) is 9.64. The summed E-state index contributed by atoms with van der Waals surface area (Å²) >= 11 is 0. The lowest BCUT2D eigenvalue weighted by molar-refractivity contribution is 0.0903. The Morgan fingerprint density at radius 1 is 1.19 bits per heavy atom. The second kappa shape index (κ2) is 8.20. The van der Waals surface area contributed by atoms with Crippen LogP contribution >= 0.6 is 0 Å². The predicted octanol–water partition coefficient (Wildman–Crippen LogP) is 2.57. The largest absolute Gasteiger partial charge is 0.381 e. The molecular weight excluding hydrogens is 330 g/mol. The van der Waals surface area contributed by atoms with Gasteiger partial charge in [0.25, 0.3) is 0 Å². The minimum atomic E-state index is -0.130. The van der Waals surface area contributed by atoms with Crippen molar-refractivity contribution in [2.45, 2.75) is 64.5 Å². The Hall–Kier alpha value is -1.89. The first-order valence-corrected chi connectivity index (χ1v) is 9.64. The van der Waals surface area contributed by atoms with E-state index in [1.807, 2.05) is 6.20 Å². The van der Waals surface area contributed by atoms with Crippen LogP contribution in [-0.2, 0) is 16.7 Å². The SMILES string of the molecule is CC(C)(C)c1cnc(NC2CCOCC2)nc1CNC(=O)NCC1CC1. The Bertz CT molecular complexity index is 619. The van der Waals surface area contributed by atoms with Crippen molar-refractivity contribution in [3.05, 3.63) is 17.5 Å². The van der Waals surface area contributed by atoms with Gasteiger partial charge in [0.2, 0.25) is 5.95 Å². The van der Waals surface area contributed by atoms with E-state index in [4.69, 9.17) is 9.72 Å². The van der Waals surface area contributed by atoms with Gasteiger partial charge >= 0.3 is 6.03 Å². The lowest BCUT2D eigenvalue weighted by Crippen LogP contribution is -2.37. The highest BCUT2D eigenvalue weighted by molar-refractivity contribution is 5.73. The third kappa shape index (κ3) is 5.56. The van der Waals surface area contributed by atoms with E-state index in [1.54, 1.807) is 0 Å². The zero-order valence-corrected chi connectivity index (χ0v) is 16.1. The average molecular weight is 361 g/mol. The quantitative estimate of drug-likeness (QED) is 0.725. The molecular formula is C19H31N5O2. The number of ether oxygens (including phenoxy) is 1. The van der Waals surface area contributed by atoms with Crippen LogP contribution in [0, 0.1) is 5.92 Å². The number of aromatic nitrogens is 2. The molecule has 1 saturated heterocycles. The van der Waals surface area contributed by atoms with Crippen LogP contribution < -0.4 is 16.0 Å². The first-order chi connectivity index (χ1) is 12.4. The maximum atomic E-state index is 12.0. The van der Waals surface area contributed by atoms with Gasteiger partial charge in [-0.2, -0.15) is 0 Å². The number of carbonyl (C=O) groups is 1. The van der Waals surface area contributed by atoms with Crippen molar-refractivity contribution in [2.75, 3.05) is 25.1 Å². The molecule has 2 fully saturated rings. The summed E-state index contributed by atoms with van der Waals surface area (Å²) < 4.78 is 5.40. The molecule has 1 saturated carbocycles. The Labute approximate surface area is 155 Å². The summed E-state index contributed by atoms with van der Waals surface area (Å²) in [5, 5.41) is 9.27. The van der Waals surface area contributed by atoms with Gasteiger partial charge in [-0.15, -0.1) is 0 Å². The molecule has 0 aromatic carbocycles. The Kier molecular flexibility index (Phi) is 5.96. The molecule has 3 N–H and O–H groups in total. The molecule has 0 atom stereocenters. The van der Waals surface area contributed by atoms with E-state index >= 15 is 0 Å². The number of rotatable bonds is 6. The average Bonchev–Trinajstić information content (AvgIpc) is 3.42. The molecule has 1 aliphatic carbocycles. The number of amides is 2. The van der Waals surface area contributed by atoms with Gasteiger partial charge in [-0.3, -0.25) is 0 Å². The predicted molar refractivity (Wildman–Crippen MR) is 101 cm³/mol. The number of hydrogen-bond donors (Lipinski definition) is 3. The van der Waals surface area contributed by atoms with Gasteiger partial charge in [0.05, 0.1) is 12.2 Å². The van der Waals surface area contributed by atoms with Gasteiger partial charge in [0.1, 0.15) is 0 Å². The Morgan fingerprint density at radius 3 is 2.58 bits per heavy atom. The van der Waals surface area contributed by atoms with Crippen LogP contribution in [0.3, 0.4) is 0 Å². The van der Waals surface area contributed by atoms with Crippen LogP contribution in [0.1, 0.15) is 57.7 Å². The lowest BCUT2D eigenvalue weighted by Gasteiger charge is -2.25. The van der Waals surface area contributed by atoms with Crippen LogP contribution in [-0.4, -0.2) is 41.8 Å². The number of anilines is 1. The Balaban J connectivity index is 1.64. The summed E-state index contributed by atoms with van der Waals surface area (Å²) in [7, 11) is 0. The molecule has 0 radical (unpaired) electrons. The topological polar surface area (TPSA) is 88.2 Å². The van der Waals surface area contributed by atoms with Crippen LogP contribution in [0.15, 0.2) is 6.20 Å². The van der Waals surface area contributed by atoms with Crippen molar-refractivity contribution < 1.29 is 9.53 Å². The van der Waals surface area contributed by atoms with Gasteiger partial charge < -0.3 is 20.7 Å². The highest BCUT2D eigenvalue weighted by Gasteiger charge is 2.23. The van der Waals surface area contributed by atoms with Gasteiger partial charge in [0, 0.05) is 32.0 Å². The van der Waals surface area contributed by atoms with E-state index < -0.39 is 0 Å². The molecule has 2 heterocycles. The summed E-state index contributed by atoms with van der Waals surface area (Å²) in [5.41, 5.74) is 1.83. The molecule has 7 heteroatoms. The summed E-state index contributed by atoms with van der Waals surface area (Å²) in [6.07, 6.45) is 6.25. The van der Waals surface area contributed by atoms with E-state index in [1.165, 1.54) is 12.8 Å². The lowest BCUT2D eigenvalue weighted by atomic mass is 9.87. The molecule has 2 aliphatic rings. The monoisotopic (exact) mass is 361 g/mol. The van der Waals surface area contributed by atoms with Crippen molar-refractivity contribution in [2.24, 2.45) is 5.92 Å². The molecule has 7 nitrogen and oxygen atoms in total. The molecule has 3 rings (SSSR count). The van der Waals surface area contributed by atoms with Crippen molar-refractivity contribution in [1.82, 2.24) is 20.6 Å². The molecule has 0 bridgehead atoms. The Morgan fingerprint density at radius 2 is 1.92 bits per heavy atom. The fraction of sp³-hybridized carbons (Fsp3) is 0.737. The van der Waals surface area contributed by atoms with Gasteiger partial charge in [0.15, 0.2) is 0 Å². The van der Waals surface area contributed by atoms with Gasteiger partial charge in [-0.05, 0) is 42.6 Å². The second-order valence-electron chi connectivity index (χ2n) is 8.34. The van der Waals surface area contributed by atoms with Gasteiger partial charge in [-0.1, -0.05) is 20.8 Å². The third-order valence-electron chi connectivity index (χ3n) is 4.89.